The molecule has 1 aliphatic carbocycles. The summed E-state index contributed by atoms with van der Waals surface area (Å²) >= 11 is 0. The van der Waals surface area contributed by atoms with Gasteiger partial charge in [-0.3, -0.25) is 14.4 Å². The molecule has 1 aliphatic heterocycles. The van der Waals surface area contributed by atoms with Crippen LogP contribution < -0.4 is 9.92 Å². The molecule has 0 aromatic heterocycles. The molecule has 1 amide bonds. The summed E-state index contributed by atoms with van der Waals surface area (Å²) < 4.78 is 35.0. The normalized spacial score (nSPS) is 21.4. The molecule has 0 radical (unpaired) electrons. The van der Waals surface area contributed by atoms with Crippen LogP contribution in [0, 0.1) is 23.5 Å². The zero-order valence-corrected chi connectivity index (χ0v) is 21.9. The number of rotatable bonds is 7. The zero-order valence-electron chi connectivity index (χ0n) is 20.9. The molecular weight excluding hydrogens is 484 g/mol. The number of halogens is 2. The first-order valence-electron chi connectivity index (χ1n) is 12.1. The number of ketones is 1. The number of carbonyl (C=O) groups excluding carboxylic acids is 2. The Balaban J connectivity index is 1.65. The summed E-state index contributed by atoms with van der Waals surface area (Å²) in [6.07, 6.45) is 0.776. The highest BCUT2D eigenvalue weighted by Gasteiger charge is 2.44. The highest BCUT2D eigenvalue weighted by atomic mass is 28.3. The fourth-order valence-corrected chi connectivity index (χ4v) is 6.89. The molecule has 1 atom stereocenters. The van der Waals surface area contributed by atoms with E-state index in [1.54, 1.807) is 19.2 Å². The molecule has 6 nitrogen and oxygen atoms in total. The van der Waals surface area contributed by atoms with Crippen molar-refractivity contribution in [2.45, 2.75) is 51.4 Å². The highest BCUT2D eigenvalue weighted by Crippen LogP contribution is 2.40. The van der Waals surface area contributed by atoms with E-state index in [2.05, 4.69) is 0 Å². The van der Waals surface area contributed by atoms with Gasteiger partial charge >= 0.3 is 5.97 Å². The summed E-state index contributed by atoms with van der Waals surface area (Å²) in [5.74, 6) is -3.18. The van der Waals surface area contributed by atoms with Crippen molar-refractivity contribution in [3.8, 4) is 5.75 Å². The summed E-state index contributed by atoms with van der Waals surface area (Å²) in [6.45, 7) is 5.85. The van der Waals surface area contributed by atoms with Crippen molar-refractivity contribution in [2.75, 3.05) is 13.7 Å². The van der Waals surface area contributed by atoms with Gasteiger partial charge in [-0.15, -0.1) is 0 Å². The number of aliphatic carboxylic acids is 1. The van der Waals surface area contributed by atoms with Crippen LogP contribution in [0.25, 0.3) is 0 Å². The average Bonchev–Trinajstić information content (AvgIpc) is 2.74. The molecule has 0 bridgehead atoms. The number of fused-ring (bicyclic) bond motifs is 1. The number of carboxylic acids is 1. The molecule has 36 heavy (non-hydrogen) atoms. The first-order chi connectivity index (χ1) is 16.9. The van der Waals surface area contributed by atoms with Crippen LogP contribution in [0.5, 0.6) is 5.75 Å². The fraction of sp³-hybridized carbons (Fsp3) is 0.444. The van der Waals surface area contributed by atoms with Crippen LogP contribution in [0.4, 0.5) is 8.78 Å². The first kappa shape index (κ1) is 26.0. The second kappa shape index (κ2) is 9.76. The molecule has 1 heterocycles. The van der Waals surface area contributed by atoms with Gasteiger partial charge in [-0.1, -0.05) is 25.7 Å². The van der Waals surface area contributed by atoms with Crippen molar-refractivity contribution in [1.29, 1.82) is 0 Å². The Hall–Kier alpha value is -3.07. The van der Waals surface area contributed by atoms with Crippen LogP contribution in [0.3, 0.4) is 0 Å². The van der Waals surface area contributed by atoms with E-state index in [0.717, 1.165) is 5.56 Å². The first-order valence-corrected chi connectivity index (χ1v) is 15.6. The second-order valence-electron chi connectivity index (χ2n) is 10.8. The van der Waals surface area contributed by atoms with Gasteiger partial charge in [0.15, 0.2) is 5.78 Å². The number of amides is 1. The molecule has 1 saturated carbocycles. The molecule has 1 fully saturated rings. The van der Waals surface area contributed by atoms with E-state index in [9.17, 15) is 28.3 Å². The molecule has 1 unspecified atom stereocenters. The van der Waals surface area contributed by atoms with Crippen molar-refractivity contribution in [3.63, 3.8) is 0 Å². The van der Waals surface area contributed by atoms with E-state index in [1.165, 1.54) is 17.0 Å². The third-order valence-corrected chi connectivity index (χ3v) is 9.21. The predicted molar refractivity (Wildman–Crippen MR) is 133 cm³/mol. The average molecular weight is 516 g/mol. The number of ether oxygens (including phenoxy) is 1. The Bertz CT molecular complexity index is 1200. The van der Waals surface area contributed by atoms with Crippen molar-refractivity contribution in [3.05, 3.63) is 58.7 Å². The molecule has 1 N–H and O–H groups in total. The minimum atomic E-state index is -2.27. The second-order valence-corrected chi connectivity index (χ2v) is 15.8. The molecule has 192 valence electrons. The third-order valence-electron chi connectivity index (χ3n) is 7.23. The predicted octanol–water partition coefficient (Wildman–Crippen LogP) is 3.87. The molecular formula is C27H31F2NO5Si. The van der Waals surface area contributed by atoms with Crippen LogP contribution in [0.15, 0.2) is 30.3 Å². The molecule has 0 saturated heterocycles. The maximum absolute atomic E-state index is 14.8. The quantitative estimate of drug-likeness (QED) is 0.566. The zero-order chi connectivity index (χ0) is 26.4. The number of methoxy groups -OCH3 is 1. The number of benzene rings is 2. The largest absolute Gasteiger partial charge is 0.497 e. The summed E-state index contributed by atoms with van der Waals surface area (Å²) in [6, 6.07) is 6.84. The van der Waals surface area contributed by atoms with Gasteiger partial charge in [0.25, 0.3) is 0 Å². The van der Waals surface area contributed by atoms with Crippen LogP contribution >= 0.6 is 0 Å². The van der Waals surface area contributed by atoms with Crippen LogP contribution in [-0.2, 0) is 27.2 Å². The maximum Gasteiger partial charge on any atom is 0.306 e. The van der Waals surface area contributed by atoms with Gasteiger partial charge in [0.2, 0.25) is 5.91 Å². The lowest BCUT2D eigenvalue weighted by Crippen LogP contribution is -2.49. The molecule has 0 spiro atoms. The molecule has 4 rings (SSSR count). The van der Waals surface area contributed by atoms with Gasteiger partial charge < -0.3 is 14.7 Å². The molecule has 2 aromatic rings. The third kappa shape index (κ3) is 4.93. The lowest BCUT2D eigenvalue weighted by Gasteiger charge is -2.41. The number of carboxylic acid groups (broad SMARTS) is 1. The van der Waals surface area contributed by atoms with E-state index < -0.39 is 43.6 Å². The molecule has 2 aromatic carbocycles. The number of hydrogen-bond donors (Lipinski definition) is 1. The number of nitrogens with zero attached hydrogens (tertiary/aromatic N) is 1. The summed E-state index contributed by atoms with van der Waals surface area (Å²) in [5.41, 5.74) is 1.76. The van der Waals surface area contributed by atoms with Crippen LogP contribution in [0.2, 0.25) is 19.6 Å². The van der Waals surface area contributed by atoms with E-state index in [0.29, 0.717) is 24.3 Å². The fourth-order valence-electron chi connectivity index (χ4n) is 5.31. The van der Waals surface area contributed by atoms with Crippen molar-refractivity contribution in [1.82, 2.24) is 4.90 Å². The van der Waals surface area contributed by atoms with Crippen LogP contribution in [0.1, 0.15) is 35.6 Å². The Labute approximate surface area is 210 Å². The van der Waals surface area contributed by atoms with Crippen molar-refractivity contribution >= 4 is 30.9 Å². The Morgan fingerprint density at radius 1 is 1.06 bits per heavy atom. The molecule has 9 heteroatoms. The van der Waals surface area contributed by atoms with Gasteiger partial charge in [0.05, 0.1) is 21.1 Å². The minimum absolute atomic E-state index is 0.101. The maximum atomic E-state index is 14.8. The standard InChI is InChI=1S/C27H31F2NO5Si/c1-35-19-5-6-20-16(14-19)7-8-30(26(32)17-12-18(13-17)27(33)34)24(20)23(31)11-15-9-21(28)25(22(29)10-15)36(2,3)4/h5-6,9-10,14,17-18,24H,7-8,11-13H2,1-4H3,(H,33,34). The molecule has 2 aliphatic rings. The number of Topliss-reactive ketones (excluding diaryl/α,β-unsaturated/α-hetero) is 1. The van der Waals surface area contributed by atoms with E-state index in [1.807, 2.05) is 25.7 Å². The van der Waals surface area contributed by atoms with E-state index in [4.69, 9.17) is 4.74 Å². The Morgan fingerprint density at radius 2 is 1.69 bits per heavy atom. The van der Waals surface area contributed by atoms with Crippen molar-refractivity contribution in [2.24, 2.45) is 11.8 Å². The van der Waals surface area contributed by atoms with Gasteiger partial charge in [-0.25, -0.2) is 8.78 Å². The van der Waals surface area contributed by atoms with E-state index in [-0.39, 0.29) is 41.7 Å². The lowest BCUT2D eigenvalue weighted by molar-refractivity contribution is -0.154. The number of hydrogen-bond acceptors (Lipinski definition) is 4. The van der Waals surface area contributed by atoms with Gasteiger partial charge in [-0.2, -0.15) is 0 Å². The van der Waals surface area contributed by atoms with Crippen LogP contribution in [-0.4, -0.2) is 49.4 Å². The lowest BCUT2D eigenvalue weighted by atomic mass is 9.73. The topological polar surface area (TPSA) is 83.9 Å². The van der Waals surface area contributed by atoms with E-state index >= 15 is 0 Å². The highest BCUT2D eigenvalue weighted by molar-refractivity contribution is 6.88. The smallest absolute Gasteiger partial charge is 0.306 e. The Kier molecular flexibility index (Phi) is 7.05. The summed E-state index contributed by atoms with van der Waals surface area (Å²) in [5, 5.41) is 9.29. The SMILES string of the molecule is COc1ccc2c(c1)CCN(C(=O)C1CC(C(=O)O)C1)C2C(=O)Cc1cc(F)c([Si](C)(C)C)c(F)c1. The minimum Gasteiger partial charge on any atom is -0.497 e. The number of carbonyl (C=O) groups is 3. The summed E-state index contributed by atoms with van der Waals surface area (Å²) in [4.78, 5) is 39.7. The monoisotopic (exact) mass is 515 g/mol. The van der Waals surface area contributed by atoms with Crippen molar-refractivity contribution < 1.29 is 33.0 Å². The Morgan fingerprint density at radius 3 is 2.25 bits per heavy atom. The van der Waals surface area contributed by atoms with Gasteiger partial charge in [-0.05, 0) is 60.2 Å². The van der Waals surface area contributed by atoms with Gasteiger partial charge in [0, 0.05) is 24.1 Å². The van der Waals surface area contributed by atoms with Gasteiger partial charge in [0.1, 0.15) is 23.4 Å². The summed E-state index contributed by atoms with van der Waals surface area (Å²) in [7, 11) is -0.718.